The topological polar surface area (TPSA) is 41.0 Å². The molecule has 1 aromatic rings. The van der Waals surface area contributed by atoms with Crippen LogP contribution in [0.3, 0.4) is 0 Å². The third-order valence-electron chi connectivity index (χ3n) is 2.43. The minimum Gasteiger partial charge on any atom is -0.360 e. The molecule has 0 radical (unpaired) electrons. The van der Waals surface area contributed by atoms with Crippen LogP contribution in [0.25, 0.3) is 0 Å². The standard InChI is InChI=1S/C10H14N4/c1-2-9-5-11-3-4-14(9)10-6-12-8-13-7-10/h2,6-9,11H,1,3-5H2/t9-/m0/s1. The lowest BCUT2D eigenvalue weighted by atomic mass is 10.2. The Morgan fingerprint density at radius 2 is 2.29 bits per heavy atom. The lowest BCUT2D eigenvalue weighted by Crippen LogP contribution is -2.50. The fourth-order valence-corrected chi connectivity index (χ4v) is 1.70. The van der Waals surface area contributed by atoms with Gasteiger partial charge in [0.2, 0.25) is 0 Å². The first-order valence-electron chi connectivity index (χ1n) is 4.77. The van der Waals surface area contributed by atoms with Crippen LogP contribution in [0.2, 0.25) is 0 Å². The summed E-state index contributed by atoms with van der Waals surface area (Å²) in [6.45, 7) is 6.76. The first-order valence-corrected chi connectivity index (χ1v) is 4.77. The molecule has 4 nitrogen and oxygen atoms in total. The van der Waals surface area contributed by atoms with Gasteiger partial charge < -0.3 is 10.2 Å². The molecule has 0 saturated carbocycles. The van der Waals surface area contributed by atoms with Crippen molar-refractivity contribution in [1.29, 1.82) is 0 Å². The molecule has 1 saturated heterocycles. The highest BCUT2D eigenvalue weighted by Crippen LogP contribution is 2.15. The van der Waals surface area contributed by atoms with E-state index in [1.54, 1.807) is 6.33 Å². The van der Waals surface area contributed by atoms with Gasteiger partial charge in [-0.05, 0) is 0 Å². The number of anilines is 1. The molecule has 1 N–H and O–H groups in total. The Morgan fingerprint density at radius 1 is 1.50 bits per heavy atom. The van der Waals surface area contributed by atoms with Crippen molar-refractivity contribution in [2.24, 2.45) is 0 Å². The van der Waals surface area contributed by atoms with Crippen molar-refractivity contribution >= 4 is 5.69 Å². The number of nitrogens with one attached hydrogen (secondary N) is 1. The third-order valence-corrected chi connectivity index (χ3v) is 2.43. The molecule has 4 heteroatoms. The average Bonchev–Trinajstić information content (AvgIpc) is 2.30. The number of hydrogen-bond acceptors (Lipinski definition) is 4. The van der Waals surface area contributed by atoms with Crippen LogP contribution in [0.15, 0.2) is 31.4 Å². The number of aromatic nitrogens is 2. The van der Waals surface area contributed by atoms with Gasteiger partial charge in [0.05, 0.1) is 24.1 Å². The molecular weight excluding hydrogens is 176 g/mol. The second kappa shape index (κ2) is 4.19. The van der Waals surface area contributed by atoms with E-state index in [9.17, 15) is 0 Å². The Hall–Kier alpha value is -1.42. The Morgan fingerprint density at radius 3 is 3.00 bits per heavy atom. The van der Waals surface area contributed by atoms with Crippen LogP contribution < -0.4 is 10.2 Å². The number of piperazine rings is 1. The molecule has 1 atom stereocenters. The molecule has 1 aromatic heterocycles. The highest BCUT2D eigenvalue weighted by Gasteiger charge is 2.19. The van der Waals surface area contributed by atoms with Crippen LogP contribution in [-0.2, 0) is 0 Å². The molecule has 0 bridgehead atoms. The van der Waals surface area contributed by atoms with Crippen LogP contribution >= 0.6 is 0 Å². The lowest BCUT2D eigenvalue weighted by molar-refractivity contribution is 0.529. The van der Waals surface area contributed by atoms with Crippen LogP contribution in [0.4, 0.5) is 5.69 Å². The van der Waals surface area contributed by atoms with E-state index in [0.29, 0.717) is 6.04 Å². The summed E-state index contributed by atoms with van der Waals surface area (Å²) < 4.78 is 0. The van der Waals surface area contributed by atoms with Crippen molar-refractivity contribution in [3.05, 3.63) is 31.4 Å². The van der Waals surface area contributed by atoms with Crippen LogP contribution in [0.1, 0.15) is 0 Å². The van der Waals surface area contributed by atoms with Crippen molar-refractivity contribution in [2.75, 3.05) is 24.5 Å². The first kappa shape index (κ1) is 9.15. The second-order valence-corrected chi connectivity index (χ2v) is 3.30. The summed E-state index contributed by atoms with van der Waals surface area (Å²) in [6.07, 6.45) is 7.19. The summed E-state index contributed by atoms with van der Waals surface area (Å²) in [5, 5.41) is 3.33. The van der Waals surface area contributed by atoms with E-state index in [2.05, 4.69) is 26.8 Å². The highest BCUT2D eigenvalue weighted by atomic mass is 15.2. The maximum absolute atomic E-state index is 4.02. The van der Waals surface area contributed by atoms with Gasteiger partial charge in [0.1, 0.15) is 6.33 Å². The fraction of sp³-hybridized carbons (Fsp3) is 0.400. The Balaban J connectivity index is 2.19. The fourth-order valence-electron chi connectivity index (χ4n) is 1.70. The first-order chi connectivity index (χ1) is 6.92. The van der Waals surface area contributed by atoms with Crippen LogP contribution in [0, 0.1) is 0 Å². The van der Waals surface area contributed by atoms with Gasteiger partial charge in [-0.2, -0.15) is 0 Å². The Labute approximate surface area is 83.7 Å². The summed E-state index contributed by atoms with van der Waals surface area (Å²) in [7, 11) is 0. The van der Waals surface area contributed by atoms with E-state index >= 15 is 0 Å². The van der Waals surface area contributed by atoms with Crippen molar-refractivity contribution in [3.8, 4) is 0 Å². The van der Waals surface area contributed by atoms with Crippen molar-refractivity contribution in [2.45, 2.75) is 6.04 Å². The van der Waals surface area contributed by atoms with Gasteiger partial charge in [0.25, 0.3) is 0 Å². The predicted molar refractivity (Wildman–Crippen MR) is 56.2 cm³/mol. The summed E-state index contributed by atoms with van der Waals surface area (Å²) in [6, 6.07) is 0.342. The molecule has 74 valence electrons. The zero-order valence-electron chi connectivity index (χ0n) is 8.06. The van der Waals surface area contributed by atoms with Crippen molar-refractivity contribution < 1.29 is 0 Å². The van der Waals surface area contributed by atoms with Gasteiger partial charge in [0, 0.05) is 19.6 Å². The molecule has 1 aliphatic rings. The maximum atomic E-state index is 4.02. The van der Waals surface area contributed by atoms with E-state index in [1.165, 1.54) is 0 Å². The average molecular weight is 190 g/mol. The quantitative estimate of drug-likeness (QED) is 0.687. The molecule has 2 rings (SSSR count). The second-order valence-electron chi connectivity index (χ2n) is 3.30. The maximum Gasteiger partial charge on any atom is 0.115 e. The number of hydrogen-bond donors (Lipinski definition) is 1. The van der Waals surface area contributed by atoms with Gasteiger partial charge >= 0.3 is 0 Å². The minimum absolute atomic E-state index is 0.342. The summed E-state index contributed by atoms with van der Waals surface area (Å²) in [5.74, 6) is 0. The molecule has 0 unspecified atom stereocenters. The normalized spacial score (nSPS) is 22.0. The minimum atomic E-state index is 0.342. The summed E-state index contributed by atoms with van der Waals surface area (Å²) in [4.78, 5) is 10.3. The van der Waals surface area contributed by atoms with E-state index in [0.717, 1.165) is 25.3 Å². The van der Waals surface area contributed by atoms with Gasteiger partial charge in [0.15, 0.2) is 0 Å². The van der Waals surface area contributed by atoms with Gasteiger partial charge in [-0.1, -0.05) is 6.08 Å². The molecule has 1 aliphatic heterocycles. The SMILES string of the molecule is C=C[C@H]1CNCCN1c1cncnc1. The monoisotopic (exact) mass is 190 g/mol. The summed E-state index contributed by atoms with van der Waals surface area (Å²) in [5.41, 5.74) is 1.07. The van der Waals surface area contributed by atoms with Crippen LogP contribution in [-0.4, -0.2) is 35.6 Å². The van der Waals surface area contributed by atoms with E-state index < -0.39 is 0 Å². The zero-order chi connectivity index (χ0) is 9.80. The third kappa shape index (κ3) is 1.75. The Bertz CT molecular complexity index is 298. The molecule has 0 aromatic carbocycles. The molecule has 0 amide bonds. The van der Waals surface area contributed by atoms with Crippen molar-refractivity contribution in [1.82, 2.24) is 15.3 Å². The zero-order valence-corrected chi connectivity index (χ0v) is 8.06. The van der Waals surface area contributed by atoms with E-state index in [4.69, 9.17) is 0 Å². The number of rotatable bonds is 2. The Kier molecular flexibility index (Phi) is 2.74. The number of nitrogens with zero attached hydrogens (tertiary/aromatic N) is 3. The van der Waals surface area contributed by atoms with E-state index in [1.807, 2.05) is 18.5 Å². The van der Waals surface area contributed by atoms with Crippen LogP contribution in [0.5, 0.6) is 0 Å². The molecule has 0 spiro atoms. The van der Waals surface area contributed by atoms with Gasteiger partial charge in [-0.3, -0.25) is 0 Å². The predicted octanol–water partition coefficient (Wildman–Crippen LogP) is 0.441. The van der Waals surface area contributed by atoms with Gasteiger partial charge in [-0.25, -0.2) is 9.97 Å². The lowest BCUT2D eigenvalue weighted by Gasteiger charge is -2.35. The highest BCUT2D eigenvalue weighted by molar-refractivity contribution is 5.44. The summed E-state index contributed by atoms with van der Waals surface area (Å²) >= 11 is 0. The molecule has 14 heavy (non-hydrogen) atoms. The van der Waals surface area contributed by atoms with E-state index in [-0.39, 0.29) is 0 Å². The molecule has 2 heterocycles. The molecule has 0 aliphatic carbocycles. The molecule has 1 fully saturated rings. The molecular formula is C10H14N4. The van der Waals surface area contributed by atoms with Gasteiger partial charge in [-0.15, -0.1) is 6.58 Å². The smallest absolute Gasteiger partial charge is 0.115 e. The van der Waals surface area contributed by atoms with Crippen molar-refractivity contribution in [3.63, 3.8) is 0 Å². The largest absolute Gasteiger partial charge is 0.360 e.